The first kappa shape index (κ1) is 9.04. The molecule has 2 aliphatic rings. The maximum Gasteiger partial charge on any atom is 0.164 e. The third-order valence-corrected chi connectivity index (χ3v) is 3.41. The van der Waals surface area contributed by atoms with Crippen LogP contribution in [-0.4, -0.2) is 26.8 Å². The number of benzene rings is 1. The number of hydrogen-bond acceptors (Lipinski definition) is 3. The van der Waals surface area contributed by atoms with Gasteiger partial charge in [0.25, 0.3) is 0 Å². The molecule has 1 aromatic rings. The Morgan fingerprint density at radius 1 is 1.40 bits per heavy atom. The zero-order chi connectivity index (χ0) is 10.3. The topological polar surface area (TPSA) is 30.5 Å². The summed E-state index contributed by atoms with van der Waals surface area (Å²) in [7, 11) is 1.69. The zero-order valence-corrected chi connectivity index (χ0v) is 8.82. The normalized spacial score (nSPS) is 27.8. The summed E-state index contributed by atoms with van der Waals surface area (Å²) in [6.45, 7) is 2.94. The molecule has 0 amide bonds. The Labute approximate surface area is 89.4 Å². The van der Waals surface area contributed by atoms with Gasteiger partial charge in [0.1, 0.15) is 0 Å². The van der Waals surface area contributed by atoms with Gasteiger partial charge in [0.05, 0.1) is 13.7 Å². The minimum absolute atomic E-state index is 0.601. The minimum Gasteiger partial charge on any atom is -0.493 e. The average Bonchev–Trinajstić information content (AvgIpc) is 2.76. The summed E-state index contributed by atoms with van der Waals surface area (Å²) in [5.41, 5.74) is 1.30. The molecule has 80 valence electrons. The van der Waals surface area contributed by atoms with Gasteiger partial charge in [0, 0.05) is 30.5 Å². The lowest BCUT2D eigenvalue weighted by Crippen LogP contribution is -2.25. The smallest absolute Gasteiger partial charge is 0.164 e. The van der Waals surface area contributed by atoms with E-state index in [0.717, 1.165) is 31.2 Å². The van der Waals surface area contributed by atoms with E-state index in [-0.39, 0.29) is 0 Å². The summed E-state index contributed by atoms with van der Waals surface area (Å²) < 4.78 is 11.1. The Morgan fingerprint density at radius 2 is 2.33 bits per heavy atom. The number of hydrogen-bond donors (Lipinski definition) is 1. The van der Waals surface area contributed by atoms with Gasteiger partial charge >= 0.3 is 0 Å². The van der Waals surface area contributed by atoms with Crippen LogP contribution in [-0.2, 0) is 0 Å². The monoisotopic (exact) mass is 205 g/mol. The Morgan fingerprint density at radius 3 is 3.20 bits per heavy atom. The van der Waals surface area contributed by atoms with Crippen molar-refractivity contribution in [3.63, 3.8) is 0 Å². The number of para-hydroxylation sites is 1. The summed E-state index contributed by atoms with van der Waals surface area (Å²) >= 11 is 0. The van der Waals surface area contributed by atoms with Crippen molar-refractivity contribution < 1.29 is 9.47 Å². The molecule has 0 aliphatic carbocycles. The molecule has 0 unspecified atom stereocenters. The molecule has 3 nitrogen and oxygen atoms in total. The van der Waals surface area contributed by atoms with Crippen LogP contribution in [0, 0.1) is 5.92 Å². The Hall–Kier alpha value is -1.22. The van der Waals surface area contributed by atoms with E-state index in [1.54, 1.807) is 7.11 Å². The summed E-state index contributed by atoms with van der Waals surface area (Å²) in [6, 6.07) is 6.16. The fourth-order valence-electron chi connectivity index (χ4n) is 2.60. The predicted octanol–water partition coefficient (Wildman–Crippen LogP) is 1.39. The highest BCUT2D eigenvalue weighted by atomic mass is 16.5. The van der Waals surface area contributed by atoms with E-state index >= 15 is 0 Å². The fourth-order valence-corrected chi connectivity index (χ4v) is 2.60. The van der Waals surface area contributed by atoms with Gasteiger partial charge in [-0.1, -0.05) is 12.1 Å². The van der Waals surface area contributed by atoms with Crippen LogP contribution in [0.4, 0.5) is 0 Å². The molecule has 0 bridgehead atoms. The van der Waals surface area contributed by atoms with Crippen molar-refractivity contribution in [1.82, 2.24) is 5.32 Å². The molecule has 0 radical (unpaired) electrons. The first-order valence-corrected chi connectivity index (χ1v) is 5.40. The lowest BCUT2D eigenvalue weighted by atomic mass is 9.87. The Kier molecular flexibility index (Phi) is 2.06. The molecular formula is C12H15NO2. The molecule has 3 rings (SSSR count). The van der Waals surface area contributed by atoms with E-state index in [1.807, 2.05) is 12.1 Å². The number of fused-ring (bicyclic) bond motifs is 3. The SMILES string of the molecule is COc1cccc2c1OC[C@@H]1CNC[C@H]21. The molecule has 3 heteroatoms. The highest BCUT2D eigenvalue weighted by Crippen LogP contribution is 2.43. The van der Waals surface area contributed by atoms with Crippen LogP contribution in [0.2, 0.25) is 0 Å². The van der Waals surface area contributed by atoms with Crippen molar-refractivity contribution in [3.05, 3.63) is 23.8 Å². The minimum atomic E-state index is 0.601. The van der Waals surface area contributed by atoms with Gasteiger partial charge in [0.2, 0.25) is 0 Å². The second-order valence-corrected chi connectivity index (χ2v) is 4.21. The first-order chi connectivity index (χ1) is 7.40. The number of methoxy groups -OCH3 is 1. The summed E-state index contributed by atoms with van der Waals surface area (Å²) in [5, 5.41) is 3.42. The van der Waals surface area contributed by atoms with Crippen molar-refractivity contribution in [2.75, 3.05) is 26.8 Å². The zero-order valence-electron chi connectivity index (χ0n) is 8.82. The van der Waals surface area contributed by atoms with Gasteiger partial charge < -0.3 is 14.8 Å². The van der Waals surface area contributed by atoms with Crippen molar-refractivity contribution in [1.29, 1.82) is 0 Å². The van der Waals surface area contributed by atoms with Gasteiger partial charge in [-0.05, 0) is 6.07 Å². The molecule has 15 heavy (non-hydrogen) atoms. The number of rotatable bonds is 1. The molecule has 0 saturated carbocycles. The molecule has 0 spiro atoms. The van der Waals surface area contributed by atoms with Crippen LogP contribution in [0.5, 0.6) is 11.5 Å². The van der Waals surface area contributed by atoms with E-state index in [1.165, 1.54) is 5.56 Å². The van der Waals surface area contributed by atoms with E-state index in [9.17, 15) is 0 Å². The largest absolute Gasteiger partial charge is 0.493 e. The lowest BCUT2D eigenvalue weighted by Gasteiger charge is -2.28. The second kappa shape index (κ2) is 3.42. The maximum atomic E-state index is 5.79. The van der Waals surface area contributed by atoms with Crippen molar-refractivity contribution in [2.24, 2.45) is 5.92 Å². The molecule has 1 aromatic carbocycles. The van der Waals surface area contributed by atoms with Gasteiger partial charge in [-0.25, -0.2) is 0 Å². The van der Waals surface area contributed by atoms with Crippen LogP contribution >= 0.6 is 0 Å². The summed E-state index contributed by atoms with van der Waals surface area (Å²) in [4.78, 5) is 0. The summed E-state index contributed by atoms with van der Waals surface area (Å²) in [6.07, 6.45) is 0. The standard InChI is InChI=1S/C12H15NO2/c1-14-11-4-2-3-9-10-6-13-5-8(10)7-15-12(9)11/h2-4,8,10,13H,5-7H2,1H3/t8-,10-/m0/s1. The van der Waals surface area contributed by atoms with Crippen LogP contribution in [0.3, 0.4) is 0 Å². The van der Waals surface area contributed by atoms with Gasteiger partial charge in [-0.15, -0.1) is 0 Å². The van der Waals surface area contributed by atoms with Crippen molar-refractivity contribution in [3.8, 4) is 11.5 Å². The van der Waals surface area contributed by atoms with Gasteiger partial charge in [0.15, 0.2) is 11.5 Å². The van der Waals surface area contributed by atoms with E-state index in [4.69, 9.17) is 9.47 Å². The van der Waals surface area contributed by atoms with Crippen LogP contribution < -0.4 is 14.8 Å². The van der Waals surface area contributed by atoms with Crippen molar-refractivity contribution >= 4 is 0 Å². The molecule has 1 fully saturated rings. The van der Waals surface area contributed by atoms with Crippen LogP contribution in [0.15, 0.2) is 18.2 Å². The molecular weight excluding hydrogens is 190 g/mol. The first-order valence-electron chi connectivity index (χ1n) is 5.40. The Balaban J connectivity index is 2.07. The second-order valence-electron chi connectivity index (χ2n) is 4.21. The van der Waals surface area contributed by atoms with Crippen LogP contribution in [0.1, 0.15) is 11.5 Å². The quantitative estimate of drug-likeness (QED) is 0.751. The molecule has 2 heterocycles. The third kappa shape index (κ3) is 1.30. The maximum absolute atomic E-state index is 5.79. The lowest BCUT2D eigenvalue weighted by molar-refractivity contribution is 0.209. The van der Waals surface area contributed by atoms with Crippen LogP contribution in [0.25, 0.3) is 0 Å². The molecule has 2 atom stereocenters. The van der Waals surface area contributed by atoms with Gasteiger partial charge in [-0.3, -0.25) is 0 Å². The Bertz CT molecular complexity index is 378. The number of nitrogens with one attached hydrogen (secondary N) is 1. The molecule has 1 N–H and O–H groups in total. The highest BCUT2D eigenvalue weighted by Gasteiger charge is 2.35. The average molecular weight is 205 g/mol. The van der Waals surface area contributed by atoms with E-state index in [2.05, 4.69) is 11.4 Å². The third-order valence-electron chi connectivity index (χ3n) is 3.41. The van der Waals surface area contributed by atoms with Gasteiger partial charge in [-0.2, -0.15) is 0 Å². The number of ether oxygens (including phenoxy) is 2. The van der Waals surface area contributed by atoms with Crippen molar-refractivity contribution in [2.45, 2.75) is 5.92 Å². The predicted molar refractivity (Wildman–Crippen MR) is 57.6 cm³/mol. The van der Waals surface area contributed by atoms with E-state index in [0.29, 0.717) is 11.8 Å². The highest BCUT2D eigenvalue weighted by molar-refractivity contribution is 5.50. The summed E-state index contributed by atoms with van der Waals surface area (Å²) in [5.74, 6) is 3.04. The van der Waals surface area contributed by atoms with E-state index < -0.39 is 0 Å². The molecule has 2 aliphatic heterocycles. The fraction of sp³-hybridized carbons (Fsp3) is 0.500. The molecule has 0 aromatic heterocycles. The molecule has 1 saturated heterocycles.